The molecule has 3 N–H and O–H groups in total. The van der Waals surface area contributed by atoms with Crippen LogP contribution in [0.1, 0.15) is 60.3 Å². The number of phenolic OH excluding ortho intramolecular Hbond substituents is 1. The molecule has 1 heterocycles. The molecule has 0 spiro atoms. The van der Waals surface area contributed by atoms with Gasteiger partial charge in [0.05, 0.1) is 13.2 Å². The molecule has 0 aliphatic rings. The fourth-order valence-corrected chi connectivity index (χ4v) is 3.75. The second kappa shape index (κ2) is 11.8. The summed E-state index contributed by atoms with van der Waals surface area (Å²) < 4.78 is 11.3. The van der Waals surface area contributed by atoms with E-state index in [1.807, 2.05) is 0 Å². The summed E-state index contributed by atoms with van der Waals surface area (Å²) in [5.41, 5.74) is 2.17. The number of rotatable bonds is 9. The molecule has 0 aliphatic heterocycles. The molecular weight excluding hydrogens is 420 g/mol. The van der Waals surface area contributed by atoms with Gasteiger partial charge in [-0.25, -0.2) is 0 Å². The fourth-order valence-electron chi connectivity index (χ4n) is 3.75. The minimum atomic E-state index is -0.860. The first-order valence-corrected chi connectivity index (χ1v) is 11.3. The van der Waals surface area contributed by atoms with Crippen LogP contribution in [0.15, 0.2) is 45.1 Å². The first-order valence-electron chi connectivity index (χ1n) is 11.3. The minimum Gasteiger partial charge on any atom is -0.512 e. The van der Waals surface area contributed by atoms with E-state index in [2.05, 4.69) is 26.8 Å². The molecule has 0 saturated carbocycles. The highest BCUT2D eigenvalue weighted by atomic mass is 16.5. The molecule has 180 valence electrons. The number of aliphatic hydroxyl groups excluding tert-OH is 2. The maximum Gasteiger partial charge on any atom is 0.196 e. The normalized spacial score (nSPS) is 14.9. The number of phenols is 1. The minimum absolute atomic E-state index is 0.0293. The van der Waals surface area contributed by atoms with Crippen LogP contribution in [0.4, 0.5) is 0 Å². The van der Waals surface area contributed by atoms with Gasteiger partial charge in [-0.3, -0.25) is 4.79 Å². The molecule has 2 atom stereocenters. The Hall–Kier alpha value is -2.99. The maximum atomic E-state index is 12.9. The van der Waals surface area contributed by atoms with Crippen LogP contribution in [0.5, 0.6) is 11.5 Å². The monoisotopic (exact) mass is 456 g/mol. The zero-order chi connectivity index (χ0) is 24.7. The van der Waals surface area contributed by atoms with E-state index in [4.69, 9.17) is 9.15 Å². The van der Waals surface area contributed by atoms with Gasteiger partial charge in [0.2, 0.25) is 0 Å². The summed E-state index contributed by atoms with van der Waals surface area (Å²) in [5, 5.41) is 30.7. The number of allylic oxidation sites excluding steroid dienone is 2. The van der Waals surface area contributed by atoms with Crippen LogP contribution in [0.3, 0.4) is 0 Å². The quantitative estimate of drug-likeness (QED) is 0.484. The summed E-state index contributed by atoms with van der Waals surface area (Å²) >= 11 is 0. The fraction of sp³-hybridized carbons (Fsp3) is 0.444. The van der Waals surface area contributed by atoms with Crippen molar-refractivity contribution >= 4 is 11.3 Å². The van der Waals surface area contributed by atoms with Gasteiger partial charge in [-0.2, -0.15) is 0 Å². The molecule has 0 fully saturated rings. The van der Waals surface area contributed by atoms with Crippen molar-refractivity contribution in [3.05, 3.63) is 56.8 Å². The second-order valence-electron chi connectivity index (χ2n) is 8.85. The Morgan fingerprint density at radius 1 is 1.15 bits per heavy atom. The highest BCUT2D eigenvalue weighted by Gasteiger charge is 2.16. The summed E-state index contributed by atoms with van der Waals surface area (Å²) in [4.78, 5) is 12.9. The van der Waals surface area contributed by atoms with Gasteiger partial charge in [-0.1, -0.05) is 18.6 Å². The molecule has 0 radical (unpaired) electrons. The summed E-state index contributed by atoms with van der Waals surface area (Å²) in [6.45, 7) is 9.39. The zero-order valence-corrected chi connectivity index (χ0v) is 20.4. The largest absolute Gasteiger partial charge is 0.512 e. The number of hydrogen-bond acceptors (Lipinski definition) is 6. The van der Waals surface area contributed by atoms with Crippen molar-refractivity contribution in [1.29, 1.82) is 0 Å². The van der Waals surface area contributed by atoms with Gasteiger partial charge in [0, 0.05) is 17.2 Å². The summed E-state index contributed by atoms with van der Waals surface area (Å²) in [6, 6.07) is 5.94. The van der Waals surface area contributed by atoms with E-state index in [1.165, 1.54) is 31.7 Å². The Morgan fingerprint density at radius 2 is 1.85 bits per heavy atom. The molecule has 2 aromatic rings. The van der Waals surface area contributed by atoms with E-state index in [1.54, 1.807) is 19.1 Å². The van der Waals surface area contributed by atoms with Crippen molar-refractivity contribution < 1.29 is 24.5 Å². The van der Waals surface area contributed by atoms with Crippen LogP contribution in [-0.2, 0) is 0 Å². The van der Waals surface area contributed by atoms with Crippen LogP contribution in [0.25, 0.3) is 22.7 Å². The number of aromatic hydroxyl groups is 1. The molecule has 6 nitrogen and oxygen atoms in total. The molecule has 33 heavy (non-hydrogen) atoms. The molecule has 0 aliphatic carbocycles. The van der Waals surface area contributed by atoms with Crippen LogP contribution < -0.4 is 20.8 Å². The van der Waals surface area contributed by atoms with Gasteiger partial charge in [0.1, 0.15) is 22.2 Å². The lowest BCUT2D eigenvalue weighted by atomic mass is 9.94. The van der Waals surface area contributed by atoms with Crippen molar-refractivity contribution in [3.8, 4) is 22.8 Å². The van der Waals surface area contributed by atoms with E-state index < -0.39 is 11.5 Å². The molecule has 1 aromatic carbocycles. The summed E-state index contributed by atoms with van der Waals surface area (Å²) in [7, 11) is 1.44. The highest BCUT2D eigenvalue weighted by Crippen LogP contribution is 2.30. The second-order valence-corrected chi connectivity index (χ2v) is 8.85. The predicted molar refractivity (Wildman–Crippen MR) is 132 cm³/mol. The van der Waals surface area contributed by atoms with Crippen LogP contribution in [0, 0.1) is 5.92 Å². The third-order valence-electron chi connectivity index (χ3n) is 5.69. The summed E-state index contributed by atoms with van der Waals surface area (Å²) in [6.07, 6.45) is 4.71. The van der Waals surface area contributed by atoms with Crippen molar-refractivity contribution in [2.45, 2.75) is 66.4 Å². The Labute approximate surface area is 195 Å². The van der Waals surface area contributed by atoms with E-state index in [-0.39, 0.29) is 33.7 Å². The molecule has 0 bridgehead atoms. The maximum absolute atomic E-state index is 12.9. The van der Waals surface area contributed by atoms with Gasteiger partial charge < -0.3 is 24.5 Å². The lowest BCUT2D eigenvalue weighted by molar-refractivity contribution is 0.244. The Morgan fingerprint density at radius 3 is 2.42 bits per heavy atom. The van der Waals surface area contributed by atoms with Crippen LogP contribution in [-0.4, -0.2) is 28.5 Å². The Kier molecular flexibility index (Phi) is 9.35. The van der Waals surface area contributed by atoms with Gasteiger partial charge in [0.25, 0.3) is 0 Å². The molecule has 0 amide bonds. The predicted octanol–water partition coefficient (Wildman–Crippen LogP) is 4.40. The molecular formula is C27H36O6. The van der Waals surface area contributed by atoms with Crippen molar-refractivity contribution in [2.24, 2.45) is 5.92 Å². The molecule has 6 heteroatoms. The van der Waals surface area contributed by atoms with E-state index in [9.17, 15) is 20.1 Å². The van der Waals surface area contributed by atoms with Crippen molar-refractivity contribution in [1.82, 2.24) is 0 Å². The molecule has 1 aromatic heterocycles. The third-order valence-corrected chi connectivity index (χ3v) is 5.69. The highest BCUT2D eigenvalue weighted by molar-refractivity contribution is 5.63. The third kappa shape index (κ3) is 6.99. The average molecular weight is 457 g/mol. The summed E-state index contributed by atoms with van der Waals surface area (Å²) in [5.74, 6) is 0.721. The van der Waals surface area contributed by atoms with E-state index in [0.29, 0.717) is 23.5 Å². The molecule has 2 unspecified atom stereocenters. The zero-order valence-electron chi connectivity index (χ0n) is 20.4. The van der Waals surface area contributed by atoms with Crippen molar-refractivity contribution in [3.63, 3.8) is 0 Å². The first-order chi connectivity index (χ1) is 15.5. The number of ether oxygens (including phenoxy) is 1. The van der Waals surface area contributed by atoms with E-state index >= 15 is 0 Å². The molecule has 0 saturated heterocycles. The smallest absolute Gasteiger partial charge is 0.196 e. The lowest BCUT2D eigenvalue weighted by Gasteiger charge is -2.15. The number of aliphatic hydroxyl groups is 2. The standard InChI is InChI=1S/C27H36O6/c1-16(2)8-7-9-17(3)10-12-21(18(4)28)27-26(19(5)29)23(31)15-24(33-27)20-11-13-22(30)25(14-20)32-6/h8,11,13-15,17-18,28-30H,7,9-10,12H2,1-6H3/b26-19+,27-21+. The first kappa shape index (κ1) is 26.3. The van der Waals surface area contributed by atoms with Gasteiger partial charge in [0.15, 0.2) is 16.9 Å². The average Bonchev–Trinajstić information content (AvgIpc) is 2.73. The van der Waals surface area contributed by atoms with Gasteiger partial charge >= 0.3 is 0 Å². The van der Waals surface area contributed by atoms with E-state index in [0.717, 1.165) is 19.3 Å². The van der Waals surface area contributed by atoms with Crippen LogP contribution >= 0.6 is 0 Å². The molecule has 2 rings (SSSR count). The van der Waals surface area contributed by atoms with Gasteiger partial charge in [-0.05, 0) is 77.5 Å². The van der Waals surface area contributed by atoms with Gasteiger partial charge in [-0.15, -0.1) is 0 Å². The number of benzene rings is 1. The SMILES string of the molecule is COc1cc(-c2cc(=O)c(=C(/C)O)/c(=C(/CCC(C)CCC=C(C)C)C(C)O)o2)ccc1O. The Bertz CT molecular complexity index is 1160. The number of methoxy groups -OCH3 is 1. The van der Waals surface area contributed by atoms with Crippen LogP contribution in [0.2, 0.25) is 0 Å². The Balaban J connectivity index is 2.61. The topological polar surface area (TPSA) is 100 Å². The number of hydrogen-bond donors (Lipinski definition) is 3. The van der Waals surface area contributed by atoms with Crippen molar-refractivity contribution in [2.75, 3.05) is 7.11 Å². The lowest BCUT2D eigenvalue weighted by Crippen LogP contribution is -2.42.